The van der Waals surface area contributed by atoms with Crippen LogP contribution in [0.3, 0.4) is 0 Å². The highest BCUT2D eigenvalue weighted by Crippen LogP contribution is 2.20. The standard InChI is InChI=1S/C15H17N3OS/c1-10-6-4-5-7-13(10)8-9-16-14(19)18-15-17-11(2)12(3)20-15/h4-9H,1-3H3,(H2,16,17,18,19)/b9-8+. The van der Waals surface area contributed by atoms with Crippen LogP contribution < -0.4 is 10.6 Å². The lowest BCUT2D eigenvalue weighted by Crippen LogP contribution is -2.23. The van der Waals surface area contributed by atoms with Gasteiger partial charge in [0.2, 0.25) is 0 Å². The highest BCUT2D eigenvalue weighted by atomic mass is 32.1. The highest BCUT2D eigenvalue weighted by molar-refractivity contribution is 7.15. The van der Waals surface area contributed by atoms with E-state index in [1.807, 2.05) is 51.1 Å². The van der Waals surface area contributed by atoms with Crippen LogP contribution in [-0.4, -0.2) is 11.0 Å². The number of anilines is 1. The molecule has 0 bridgehead atoms. The Morgan fingerprint density at radius 1 is 1.25 bits per heavy atom. The normalized spacial score (nSPS) is 10.8. The van der Waals surface area contributed by atoms with Gasteiger partial charge in [0.05, 0.1) is 5.69 Å². The second kappa shape index (κ2) is 6.34. The molecule has 0 aliphatic rings. The average Bonchev–Trinajstić information content (AvgIpc) is 2.70. The molecule has 2 rings (SSSR count). The van der Waals surface area contributed by atoms with Crippen LogP contribution in [0.4, 0.5) is 9.93 Å². The summed E-state index contributed by atoms with van der Waals surface area (Å²) < 4.78 is 0. The van der Waals surface area contributed by atoms with Crippen LogP contribution in [0.15, 0.2) is 30.5 Å². The molecule has 0 fully saturated rings. The zero-order valence-corrected chi connectivity index (χ0v) is 12.5. The van der Waals surface area contributed by atoms with Crippen molar-refractivity contribution in [2.75, 3.05) is 5.32 Å². The monoisotopic (exact) mass is 287 g/mol. The summed E-state index contributed by atoms with van der Waals surface area (Å²) in [4.78, 5) is 17.1. The molecule has 1 heterocycles. The number of amides is 2. The largest absolute Gasteiger partial charge is 0.325 e. The SMILES string of the molecule is Cc1ccccc1/C=C/NC(=O)Nc1nc(C)c(C)s1. The second-order valence-corrected chi connectivity index (χ2v) is 5.65. The molecule has 2 aromatic rings. The molecular formula is C15H17N3OS. The minimum absolute atomic E-state index is 0.288. The van der Waals surface area contributed by atoms with Gasteiger partial charge in [0.1, 0.15) is 0 Å². The molecule has 0 spiro atoms. The number of hydrogen-bond donors (Lipinski definition) is 2. The average molecular weight is 287 g/mol. The molecule has 104 valence electrons. The number of aryl methyl sites for hydroxylation is 3. The number of carbonyl (C=O) groups excluding carboxylic acids is 1. The summed E-state index contributed by atoms with van der Waals surface area (Å²) in [6, 6.07) is 7.69. The Morgan fingerprint density at radius 2 is 2.00 bits per heavy atom. The lowest BCUT2D eigenvalue weighted by molar-refractivity contribution is 0.255. The summed E-state index contributed by atoms with van der Waals surface area (Å²) in [5.74, 6) is 0. The zero-order chi connectivity index (χ0) is 14.5. The van der Waals surface area contributed by atoms with Gasteiger partial charge in [0.25, 0.3) is 0 Å². The topological polar surface area (TPSA) is 54.0 Å². The van der Waals surface area contributed by atoms with Gasteiger partial charge in [0, 0.05) is 11.1 Å². The van der Waals surface area contributed by atoms with Crippen molar-refractivity contribution >= 4 is 28.6 Å². The van der Waals surface area contributed by atoms with Crippen molar-refractivity contribution in [3.8, 4) is 0 Å². The number of hydrogen-bond acceptors (Lipinski definition) is 3. The van der Waals surface area contributed by atoms with Crippen molar-refractivity contribution in [1.82, 2.24) is 10.3 Å². The van der Waals surface area contributed by atoms with Crippen LogP contribution >= 0.6 is 11.3 Å². The molecule has 0 atom stereocenters. The number of aromatic nitrogens is 1. The van der Waals surface area contributed by atoms with Crippen molar-refractivity contribution in [1.29, 1.82) is 0 Å². The van der Waals surface area contributed by atoms with Crippen molar-refractivity contribution < 1.29 is 4.79 Å². The fraction of sp³-hybridized carbons (Fsp3) is 0.200. The first-order valence-corrected chi connectivity index (χ1v) is 7.11. The number of carbonyl (C=O) groups is 1. The second-order valence-electron chi connectivity index (χ2n) is 4.45. The number of nitrogens with one attached hydrogen (secondary N) is 2. The van der Waals surface area contributed by atoms with E-state index in [0.29, 0.717) is 5.13 Å². The molecule has 1 aromatic carbocycles. The quantitative estimate of drug-likeness (QED) is 0.900. The van der Waals surface area contributed by atoms with Crippen LogP contribution in [0.1, 0.15) is 21.7 Å². The van der Waals surface area contributed by atoms with E-state index in [1.165, 1.54) is 11.3 Å². The first-order chi connectivity index (χ1) is 9.56. The van der Waals surface area contributed by atoms with Gasteiger partial charge in [-0.15, -0.1) is 11.3 Å². The lowest BCUT2D eigenvalue weighted by atomic mass is 10.1. The van der Waals surface area contributed by atoms with Crippen molar-refractivity contribution in [3.05, 3.63) is 52.2 Å². The Balaban J connectivity index is 1.91. The van der Waals surface area contributed by atoms with E-state index in [4.69, 9.17) is 0 Å². The molecular weight excluding hydrogens is 270 g/mol. The predicted octanol–water partition coefficient (Wildman–Crippen LogP) is 3.86. The van der Waals surface area contributed by atoms with E-state index in [-0.39, 0.29) is 6.03 Å². The summed E-state index contributed by atoms with van der Waals surface area (Å²) in [7, 11) is 0. The van der Waals surface area contributed by atoms with E-state index >= 15 is 0 Å². The van der Waals surface area contributed by atoms with Gasteiger partial charge < -0.3 is 5.32 Å². The molecule has 2 amide bonds. The molecule has 0 saturated carbocycles. The van der Waals surface area contributed by atoms with E-state index in [1.54, 1.807) is 6.20 Å². The molecule has 20 heavy (non-hydrogen) atoms. The van der Waals surface area contributed by atoms with Crippen LogP contribution in [-0.2, 0) is 0 Å². The van der Waals surface area contributed by atoms with E-state index in [9.17, 15) is 4.79 Å². The molecule has 4 nitrogen and oxygen atoms in total. The Bertz CT molecular complexity index is 627. The van der Waals surface area contributed by atoms with Crippen molar-refractivity contribution in [3.63, 3.8) is 0 Å². The maximum atomic E-state index is 11.7. The van der Waals surface area contributed by atoms with E-state index in [2.05, 4.69) is 15.6 Å². The van der Waals surface area contributed by atoms with Gasteiger partial charge >= 0.3 is 6.03 Å². The first kappa shape index (κ1) is 14.3. The summed E-state index contributed by atoms with van der Waals surface area (Å²) in [5, 5.41) is 5.99. The van der Waals surface area contributed by atoms with E-state index in [0.717, 1.165) is 21.7 Å². The predicted molar refractivity (Wildman–Crippen MR) is 84.0 cm³/mol. The molecule has 2 N–H and O–H groups in total. The van der Waals surface area contributed by atoms with E-state index < -0.39 is 0 Å². The summed E-state index contributed by atoms with van der Waals surface area (Å²) in [6.07, 6.45) is 3.50. The number of nitrogens with zero attached hydrogens (tertiary/aromatic N) is 1. The first-order valence-electron chi connectivity index (χ1n) is 6.30. The summed E-state index contributed by atoms with van der Waals surface area (Å²) >= 11 is 1.47. The van der Waals surface area contributed by atoms with Gasteiger partial charge in [-0.2, -0.15) is 0 Å². The minimum Gasteiger partial charge on any atom is -0.314 e. The fourth-order valence-electron chi connectivity index (χ4n) is 1.64. The third-order valence-corrected chi connectivity index (χ3v) is 3.90. The Hall–Kier alpha value is -2.14. The molecule has 0 aliphatic carbocycles. The molecule has 0 unspecified atom stereocenters. The summed E-state index contributed by atoms with van der Waals surface area (Å²) in [5.41, 5.74) is 3.19. The lowest BCUT2D eigenvalue weighted by Gasteiger charge is -2.01. The van der Waals surface area contributed by atoms with Gasteiger partial charge in [0.15, 0.2) is 5.13 Å². The smallest absolute Gasteiger partial charge is 0.314 e. The minimum atomic E-state index is -0.288. The Morgan fingerprint density at radius 3 is 2.65 bits per heavy atom. The van der Waals surface area contributed by atoms with Crippen LogP contribution in [0.5, 0.6) is 0 Å². The number of benzene rings is 1. The van der Waals surface area contributed by atoms with Crippen molar-refractivity contribution in [2.24, 2.45) is 0 Å². The maximum absolute atomic E-state index is 11.7. The third kappa shape index (κ3) is 3.68. The van der Waals surface area contributed by atoms with Gasteiger partial charge in [-0.05, 0) is 38.0 Å². The third-order valence-electron chi connectivity index (χ3n) is 2.91. The summed E-state index contributed by atoms with van der Waals surface area (Å²) in [6.45, 7) is 5.93. The van der Waals surface area contributed by atoms with Crippen molar-refractivity contribution in [2.45, 2.75) is 20.8 Å². The molecule has 1 aromatic heterocycles. The molecule has 0 aliphatic heterocycles. The van der Waals surface area contributed by atoms with Gasteiger partial charge in [-0.3, -0.25) is 5.32 Å². The Labute approximate surface area is 122 Å². The molecule has 0 radical (unpaired) electrons. The highest BCUT2D eigenvalue weighted by Gasteiger charge is 2.06. The number of rotatable bonds is 3. The van der Waals surface area contributed by atoms with Crippen LogP contribution in [0, 0.1) is 20.8 Å². The van der Waals surface area contributed by atoms with Gasteiger partial charge in [-0.1, -0.05) is 24.3 Å². The van der Waals surface area contributed by atoms with Gasteiger partial charge in [-0.25, -0.2) is 9.78 Å². The molecule has 0 saturated heterocycles. The Kier molecular flexibility index (Phi) is 4.53. The number of urea groups is 1. The maximum Gasteiger partial charge on any atom is 0.325 e. The number of thiazole rings is 1. The van der Waals surface area contributed by atoms with Crippen LogP contribution in [0.2, 0.25) is 0 Å². The molecule has 5 heteroatoms. The van der Waals surface area contributed by atoms with Crippen LogP contribution in [0.25, 0.3) is 6.08 Å². The zero-order valence-electron chi connectivity index (χ0n) is 11.7. The fourth-order valence-corrected chi connectivity index (χ4v) is 2.45.